The van der Waals surface area contributed by atoms with Gasteiger partial charge in [-0.15, -0.1) is 0 Å². The predicted octanol–water partition coefficient (Wildman–Crippen LogP) is 2.10. The predicted molar refractivity (Wildman–Crippen MR) is 55.2 cm³/mol. The summed E-state index contributed by atoms with van der Waals surface area (Å²) in [4.78, 5) is 0. The molecule has 1 unspecified atom stereocenters. The zero-order valence-electron chi connectivity index (χ0n) is 8.19. The minimum atomic E-state index is -0.141. The fourth-order valence-electron chi connectivity index (χ4n) is 1.74. The molecule has 0 aliphatic heterocycles. The molecule has 1 atom stereocenters. The Kier molecular flexibility index (Phi) is 2.73. The summed E-state index contributed by atoms with van der Waals surface area (Å²) in [5.74, 6) is 0.857. The number of hydrogen-bond acceptors (Lipinski definition) is 2. The van der Waals surface area contributed by atoms with Crippen molar-refractivity contribution in [1.82, 2.24) is 0 Å². The first-order valence-corrected chi connectivity index (χ1v) is 5.21. The average molecular weight is 192 g/mol. The van der Waals surface area contributed by atoms with E-state index in [1.54, 1.807) is 12.1 Å². The molecular weight excluding hydrogens is 176 g/mol. The van der Waals surface area contributed by atoms with Crippen LogP contribution in [0.3, 0.4) is 0 Å². The highest BCUT2D eigenvalue weighted by molar-refractivity contribution is 5.27. The van der Waals surface area contributed by atoms with Crippen molar-refractivity contribution in [2.75, 3.05) is 0 Å². The molecule has 0 amide bonds. The van der Waals surface area contributed by atoms with Crippen LogP contribution in [-0.2, 0) is 6.42 Å². The Morgan fingerprint density at radius 2 is 2.14 bits per heavy atom. The van der Waals surface area contributed by atoms with Gasteiger partial charge in [0.1, 0.15) is 5.75 Å². The Bertz CT molecular complexity index is 305. The summed E-state index contributed by atoms with van der Waals surface area (Å²) in [6.07, 6.45) is 3.89. The van der Waals surface area contributed by atoms with Gasteiger partial charge in [0.2, 0.25) is 0 Å². The molecule has 0 spiro atoms. The second kappa shape index (κ2) is 4.01. The second-order valence-electron chi connectivity index (χ2n) is 4.11. The molecule has 0 bridgehead atoms. The fourth-order valence-corrected chi connectivity index (χ4v) is 1.74. The van der Waals surface area contributed by atoms with Gasteiger partial charge in [-0.1, -0.05) is 12.1 Å². The van der Waals surface area contributed by atoms with E-state index in [0.29, 0.717) is 11.7 Å². The molecule has 2 rings (SSSR count). The largest absolute Gasteiger partial charge is 0.508 e. The Morgan fingerprint density at radius 3 is 2.79 bits per heavy atom. The maximum absolute atomic E-state index is 9.66. The second-order valence-corrected chi connectivity index (χ2v) is 4.11. The number of aryl methyl sites for hydroxylation is 1. The van der Waals surface area contributed by atoms with E-state index in [4.69, 9.17) is 0 Å². The quantitative estimate of drug-likeness (QED) is 0.767. The highest BCUT2D eigenvalue weighted by Gasteiger charge is 2.28. The Hall–Kier alpha value is -1.02. The number of aliphatic hydroxyl groups is 1. The molecule has 1 aromatic rings. The van der Waals surface area contributed by atoms with Gasteiger partial charge in [-0.3, -0.25) is 0 Å². The zero-order valence-corrected chi connectivity index (χ0v) is 8.19. The van der Waals surface area contributed by atoms with Gasteiger partial charge in [0.05, 0.1) is 6.10 Å². The van der Waals surface area contributed by atoms with Crippen molar-refractivity contribution in [3.05, 3.63) is 29.8 Å². The molecule has 14 heavy (non-hydrogen) atoms. The summed E-state index contributed by atoms with van der Waals surface area (Å²) in [7, 11) is 0. The van der Waals surface area contributed by atoms with Crippen LogP contribution in [0.2, 0.25) is 0 Å². The molecule has 0 saturated heterocycles. The van der Waals surface area contributed by atoms with Crippen LogP contribution in [0, 0.1) is 5.92 Å². The molecule has 2 N–H and O–H groups in total. The van der Waals surface area contributed by atoms with Crippen molar-refractivity contribution in [2.24, 2.45) is 5.92 Å². The highest BCUT2D eigenvalue weighted by atomic mass is 16.3. The van der Waals surface area contributed by atoms with Crippen LogP contribution in [0.5, 0.6) is 5.75 Å². The smallest absolute Gasteiger partial charge is 0.115 e. The third kappa shape index (κ3) is 2.48. The summed E-state index contributed by atoms with van der Waals surface area (Å²) in [5, 5.41) is 18.9. The maximum atomic E-state index is 9.66. The van der Waals surface area contributed by atoms with Crippen molar-refractivity contribution in [1.29, 1.82) is 0 Å². The third-order valence-corrected chi connectivity index (χ3v) is 2.81. The standard InChI is InChI=1S/C12H16O2/c13-11-3-1-2-9(8-11)4-7-12(14)10-5-6-10/h1-3,8,10,12-14H,4-7H2. The number of aromatic hydroxyl groups is 1. The summed E-state index contributed by atoms with van der Waals surface area (Å²) in [6.45, 7) is 0. The average Bonchev–Trinajstić information content (AvgIpc) is 2.97. The normalized spacial score (nSPS) is 18.1. The van der Waals surface area contributed by atoms with Crippen molar-refractivity contribution >= 4 is 0 Å². The first-order chi connectivity index (χ1) is 6.75. The van der Waals surface area contributed by atoms with E-state index in [-0.39, 0.29) is 6.10 Å². The van der Waals surface area contributed by atoms with Crippen LogP contribution in [0.15, 0.2) is 24.3 Å². The van der Waals surface area contributed by atoms with E-state index >= 15 is 0 Å². The van der Waals surface area contributed by atoms with Crippen LogP contribution in [0.4, 0.5) is 0 Å². The fraction of sp³-hybridized carbons (Fsp3) is 0.500. The van der Waals surface area contributed by atoms with Gasteiger partial charge in [-0.05, 0) is 49.3 Å². The maximum Gasteiger partial charge on any atom is 0.115 e. The number of phenols is 1. The van der Waals surface area contributed by atoms with Crippen molar-refractivity contribution in [3.8, 4) is 5.75 Å². The Labute approximate surface area is 84.2 Å². The molecule has 2 nitrogen and oxygen atoms in total. The van der Waals surface area contributed by atoms with E-state index < -0.39 is 0 Å². The number of benzene rings is 1. The van der Waals surface area contributed by atoms with Crippen LogP contribution in [0.1, 0.15) is 24.8 Å². The number of phenolic OH excluding ortho intramolecular Hbond substituents is 1. The van der Waals surface area contributed by atoms with Gasteiger partial charge in [0, 0.05) is 0 Å². The Balaban J connectivity index is 1.84. The van der Waals surface area contributed by atoms with Crippen LogP contribution in [-0.4, -0.2) is 16.3 Å². The summed E-state index contributed by atoms with van der Waals surface area (Å²) in [6, 6.07) is 7.26. The summed E-state index contributed by atoms with van der Waals surface area (Å²) < 4.78 is 0. The molecule has 1 saturated carbocycles. The molecule has 1 aliphatic carbocycles. The summed E-state index contributed by atoms with van der Waals surface area (Å²) >= 11 is 0. The van der Waals surface area contributed by atoms with Crippen molar-refractivity contribution in [3.63, 3.8) is 0 Å². The zero-order chi connectivity index (χ0) is 9.97. The molecule has 0 heterocycles. The van der Waals surface area contributed by atoms with Gasteiger partial charge in [0.25, 0.3) is 0 Å². The van der Waals surface area contributed by atoms with Gasteiger partial charge in [-0.2, -0.15) is 0 Å². The molecule has 1 fully saturated rings. The molecular formula is C12H16O2. The van der Waals surface area contributed by atoms with Gasteiger partial charge in [0.15, 0.2) is 0 Å². The minimum Gasteiger partial charge on any atom is -0.508 e. The number of rotatable bonds is 4. The van der Waals surface area contributed by atoms with Crippen LogP contribution in [0.25, 0.3) is 0 Å². The van der Waals surface area contributed by atoms with Crippen molar-refractivity contribution < 1.29 is 10.2 Å². The molecule has 0 radical (unpaired) electrons. The van der Waals surface area contributed by atoms with E-state index in [9.17, 15) is 10.2 Å². The molecule has 2 heteroatoms. The summed E-state index contributed by atoms with van der Waals surface area (Å²) in [5.41, 5.74) is 1.10. The van der Waals surface area contributed by atoms with Crippen LogP contribution < -0.4 is 0 Å². The van der Waals surface area contributed by atoms with Gasteiger partial charge < -0.3 is 10.2 Å². The number of aliphatic hydroxyl groups excluding tert-OH is 1. The van der Waals surface area contributed by atoms with E-state index in [1.807, 2.05) is 12.1 Å². The SMILES string of the molecule is Oc1cccc(CCC(O)C2CC2)c1. The lowest BCUT2D eigenvalue weighted by atomic mass is 10.0. The minimum absolute atomic E-state index is 0.141. The van der Waals surface area contributed by atoms with Gasteiger partial charge >= 0.3 is 0 Å². The topological polar surface area (TPSA) is 40.5 Å². The Morgan fingerprint density at radius 1 is 1.36 bits per heavy atom. The van der Waals surface area contributed by atoms with E-state index in [1.165, 1.54) is 12.8 Å². The van der Waals surface area contributed by atoms with Crippen molar-refractivity contribution in [2.45, 2.75) is 31.8 Å². The first kappa shape index (κ1) is 9.53. The van der Waals surface area contributed by atoms with Gasteiger partial charge in [-0.25, -0.2) is 0 Å². The lowest BCUT2D eigenvalue weighted by Gasteiger charge is -2.08. The molecule has 0 aromatic heterocycles. The molecule has 1 aromatic carbocycles. The van der Waals surface area contributed by atoms with E-state index in [0.717, 1.165) is 18.4 Å². The van der Waals surface area contributed by atoms with E-state index in [2.05, 4.69) is 0 Å². The highest BCUT2D eigenvalue weighted by Crippen LogP contribution is 2.34. The first-order valence-electron chi connectivity index (χ1n) is 5.21. The lowest BCUT2D eigenvalue weighted by Crippen LogP contribution is -2.09. The molecule has 1 aliphatic rings. The monoisotopic (exact) mass is 192 g/mol. The third-order valence-electron chi connectivity index (χ3n) is 2.81. The van der Waals surface area contributed by atoms with Crippen LogP contribution >= 0.6 is 0 Å². The lowest BCUT2D eigenvalue weighted by molar-refractivity contribution is 0.142. The number of hydrogen-bond donors (Lipinski definition) is 2. The molecule has 76 valence electrons.